The SMILES string of the molecule is C=CCCCOC(=O)c1c(CCCCCC)oc2c(C#CCCCCCC)cc(CC(C(=O)NCCCO)c3ccccc3)cc12. The highest BCUT2D eigenvalue weighted by Crippen LogP contribution is 2.34. The summed E-state index contributed by atoms with van der Waals surface area (Å²) < 4.78 is 12.2. The first-order valence-corrected chi connectivity index (χ1v) is 17.3. The quantitative estimate of drug-likeness (QED) is 0.0533. The molecule has 46 heavy (non-hydrogen) atoms. The molecule has 248 valence electrons. The van der Waals surface area contributed by atoms with E-state index < -0.39 is 5.92 Å². The Morgan fingerprint density at radius 2 is 1.76 bits per heavy atom. The zero-order valence-electron chi connectivity index (χ0n) is 28.0. The standard InChI is InChI=1S/C40H53NO5/c1-4-7-10-12-13-15-23-33-28-31(29-34(32-21-16-14-17-22-32)39(43)41-25-20-26-42)30-35-37(40(44)45-27-19-9-6-3)36(46-38(33)35)24-18-11-8-5-2/h6,14,16-17,21-22,28,30,34,42H,3-5,7-13,18-20,24-27,29H2,1-2H3,(H,41,43). The first-order valence-electron chi connectivity index (χ1n) is 17.3. The van der Waals surface area contributed by atoms with Crippen molar-refractivity contribution in [3.63, 3.8) is 0 Å². The number of furan rings is 1. The fourth-order valence-electron chi connectivity index (χ4n) is 5.59. The Kier molecular flexibility index (Phi) is 16.8. The molecule has 0 aliphatic rings. The third-order valence-electron chi connectivity index (χ3n) is 8.14. The molecule has 3 aromatic rings. The van der Waals surface area contributed by atoms with Crippen LogP contribution < -0.4 is 5.32 Å². The molecule has 0 saturated carbocycles. The van der Waals surface area contributed by atoms with Gasteiger partial charge in [0.15, 0.2) is 5.58 Å². The number of amides is 1. The van der Waals surface area contributed by atoms with Gasteiger partial charge in [-0.3, -0.25) is 4.79 Å². The molecule has 6 heteroatoms. The summed E-state index contributed by atoms with van der Waals surface area (Å²) in [5.74, 6) is 6.42. The number of carbonyl (C=O) groups is 2. The Labute approximate surface area is 276 Å². The monoisotopic (exact) mass is 627 g/mol. The Bertz CT molecular complexity index is 1430. The summed E-state index contributed by atoms with van der Waals surface area (Å²) in [6.45, 7) is 8.86. The first-order chi connectivity index (χ1) is 22.5. The van der Waals surface area contributed by atoms with E-state index >= 15 is 0 Å². The lowest BCUT2D eigenvalue weighted by Crippen LogP contribution is -2.31. The van der Waals surface area contributed by atoms with Gasteiger partial charge in [0, 0.05) is 31.4 Å². The number of carbonyl (C=O) groups excluding carboxylic acids is 2. The number of hydrogen-bond acceptors (Lipinski definition) is 5. The molecule has 2 aromatic carbocycles. The molecule has 0 spiro atoms. The lowest BCUT2D eigenvalue weighted by Gasteiger charge is -2.18. The van der Waals surface area contributed by atoms with Crippen LogP contribution in [0.3, 0.4) is 0 Å². The van der Waals surface area contributed by atoms with Crippen molar-refractivity contribution in [3.05, 3.63) is 83.1 Å². The number of esters is 1. The molecule has 2 N–H and O–H groups in total. The normalized spacial score (nSPS) is 11.5. The number of ether oxygens (including phenoxy) is 1. The fourth-order valence-corrected chi connectivity index (χ4v) is 5.59. The average Bonchev–Trinajstić information content (AvgIpc) is 3.44. The van der Waals surface area contributed by atoms with Crippen molar-refractivity contribution in [2.75, 3.05) is 19.8 Å². The van der Waals surface area contributed by atoms with Crippen molar-refractivity contribution in [1.29, 1.82) is 0 Å². The van der Waals surface area contributed by atoms with Gasteiger partial charge >= 0.3 is 5.97 Å². The summed E-state index contributed by atoms with van der Waals surface area (Å²) in [6, 6.07) is 13.7. The molecular formula is C40H53NO5. The summed E-state index contributed by atoms with van der Waals surface area (Å²) in [4.78, 5) is 27.1. The van der Waals surface area contributed by atoms with Gasteiger partial charge in [-0.15, -0.1) is 6.58 Å². The molecule has 0 bridgehead atoms. The molecule has 1 atom stereocenters. The van der Waals surface area contributed by atoms with Gasteiger partial charge in [0.2, 0.25) is 5.91 Å². The zero-order valence-corrected chi connectivity index (χ0v) is 28.0. The zero-order chi connectivity index (χ0) is 33.0. The Morgan fingerprint density at radius 1 is 1.00 bits per heavy atom. The summed E-state index contributed by atoms with van der Waals surface area (Å²) in [6.07, 6.45) is 14.4. The van der Waals surface area contributed by atoms with Crippen LogP contribution >= 0.6 is 0 Å². The van der Waals surface area contributed by atoms with E-state index in [2.05, 4.69) is 37.6 Å². The van der Waals surface area contributed by atoms with Crippen molar-refractivity contribution < 1.29 is 23.8 Å². The van der Waals surface area contributed by atoms with Crippen molar-refractivity contribution in [1.82, 2.24) is 5.32 Å². The second-order valence-corrected chi connectivity index (χ2v) is 11.9. The number of allylic oxidation sites excluding steroid dienone is 1. The third kappa shape index (κ3) is 11.5. The lowest BCUT2D eigenvalue weighted by atomic mass is 9.89. The predicted molar refractivity (Wildman–Crippen MR) is 187 cm³/mol. The van der Waals surface area contributed by atoms with Crippen molar-refractivity contribution >= 4 is 22.8 Å². The van der Waals surface area contributed by atoms with E-state index in [1.165, 1.54) is 12.8 Å². The molecule has 3 rings (SSSR count). The maximum atomic E-state index is 13.6. The first kappa shape index (κ1) is 36.6. The number of aliphatic hydroxyl groups excluding tert-OH is 1. The minimum atomic E-state index is -0.457. The van der Waals surface area contributed by atoms with Gasteiger partial charge in [0.25, 0.3) is 0 Å². The van der Waals surface area contributed by atoms with E-state index in [-0.39, 0.29) is 18.5 Å². The van der Waals surface area contributed by atoms with Crippen LogP contribution in [0.2, 0.25) is 0 Å². The number of nitrogens with one attached hydrogen (secondary N) is 1. The minimum Gasteiger partial charge on any atom is -0.462 e. The summed E-state index contributed by atoms with van der Waals surface area (Å²) >= 11 is 0. The van der Waals surface area contributed by atoms with Crippen molar-refractivity contribution in [2.45, 2.75) is 110 Å². The van der Waals surface area contributed by atoms with Crippen LogP contribution in [0.4, 0.5) is 0 Å². The smallest absolute Gasteiger partial charge is 0.342 e. The van der Waals surface area contributed by atoms with E-state index in [0.717, 1.165) is 68.1 Å². The van der Waals surface area contributed by atoms with Crippen molar-refractivity contribution in [3.8, 4) is 11.8 Å². The Balaban J connectivity index is 2.09. The lowest BCUT2D eigenvalue weighted by molar-refractivity contribution is -0.122. The fraction of sp³-hybridized carbons (Fsp3) is 0.500. The highest BCUT2D eigenvalue weighted by Gasteiger charge is 2.26. The third-order valence-corrected chi connectivity index (χ3v) is 8.14. The van der Waals surface area contributed by atoms with Crippen LogP contribution in [0.15, 0.2) is 59.5 Å². The number of fused-ring (bicyclic) bond motifs is 1. The van der Waals surface area contributed by atoms with Gasteiger partial charge in [0.1, 0.15) is 11.3 Å². The van der Waals surface area contributed by atoms with Crippen LogP contribution in [0, 0.1) is 11.8 Å². The number of unbranched alkanes of at least 4 members (excludes halogenated alkanes) is 8. The molecule has 1 unspecified atom stereocenters. The van der Waals surface area contributed by atoms with Gasteiger partial charge < -0.3 is 19.6 Å². The van der Waals surface area contributed by atoms with Crippen molar-refractivity contribution in [2.24, 2.45) is 0 Å². The molecule has 0 aliphatic carbocycles. The van der Waals surface area contributed by atoms with Crippen LogP contribution in [0.1, 0.15) is 130 Å². The van der Waals surface area contributed by atoms with E-state index in [1.54, 1.807) is 0 Å². The average molecular weight is 628 g/mol. The van der Waals surface area contributed by atoms with E-state index in [1.807, 2.05) is 48.5 Å². The van der Waals surface area contributed by atoms with E-state index in [9.17, 15) is 14.7 Å². The van der Waals surface area contributed by atoms with Gasteiger partial charge in [-0.05, 0) is 61.8 Å². The number of aryl methyl sites for hydroxylation is 1. The molecule has 0 radical (unpaired) electrons. The summed E-state index contributed by atoms with van der Waals surface area (Å²) in [5.41, 5.74) is 3.61. The van der Waals surface area contributed by atoms with Crippen LogP contribution in [-0.4, -0.2) is 36.7 Å². The topological polar surface area (TPSA) is 88.8 Å². The second-order valence-electron chi connectivity index (χ2n) is 11.9. The molecule has 1 heterocycles. The number of rotatable bonds is 21. The minimum absolute atomic E-state index is 0.0150. The molecule has 0 saturated heterocycles. The Morgan fingerprint density at radius 3 is 2.48 bits per heavy atom. The maximum Gasteiger partial charge on any atom is 0.342 e. The summed E-state index contributed by atoms with van der Waals surface area (Å²) in [7, 11) is 0. The predicted octanol–water partition coefficient (Wildman–Crippen LogP) is 8.83. The van der Waals surface area contributed by atoms with Gasteiger partial charge in [0.05, 0.1) is 18.1 Å². The number of benzene rings is 2. The van der Waals surface area contributed by atoms with Crippen LogP contribution in [0.25, 0.3) is 11.0 Å². The molecule has 0 aliphatic heterocycles. The van der Waals surface area contributed by atoms with Gasteiger partial charge in [-0.25, -0.2) is 4.79 Å². The van der Waals surface area contributed by atoms with Crippen LogP contribution in [-0.2, 0) is 22.4 Å². The van der Waals surface area contributed by atoms with E-state index in [4.69, 9.17) is 9.15 Å². The number of hydrogen-bond donors (Lipinski definition) is 2. The largest absolute Gasteiger partial charge is 0.462 e. The molecule has 0 fully saturated rings. The van der Waals surface area contributed by atoms with Gasteiger partial charge in [-0.2, -0.15) is 0 Å². The summed E-state index contributed by atoms with van der Waals surface area (Å²) in [5, 5.41) is 12.9. The Hall–Kier alpha value is -3.82. The highest BCUT2D eigenvalue weighted by molar-refractivity contribution is 6.06. The van der Waals surface area contributed by atoms with E-state index in [0.29, 0.717) is 61.1 Å². The maximum absolute atomic E-state index is 13.6. The molecule has 1 amide bonds. The highest BCUT2D eigenvalue weighted by atomic mass is 16.5. The molecular weight excluding hydrogens is 574 g/mol. The second kappa shape index (κ2) is 21.1. The molecule has 6 nitrogen and oxygen atoms in total. The number of aliphatic hydroxyl groups is 1. The van der Waals surface area contributed by atoms with Crippen LogP contribution in [0.5, 0.6) is 0 Å². The molecule has 1 aromatic heterocycles. The van der Waals surface area contributed by atoms with Gasteiger partial charge in [-0.1, -0.05) is 101 Å².